The van der Waals surface area contributed by atoms with Crippen molar-refractivity contribution in [2.45, 2.75) is 19.5 Å². The summed E-state index contributed by atoms with van der Waals surface area (Å²) in [6.07, 6.45) is -3.22. The number of alkyl halides is 3. The molecule has 0 aliphatic heterocycles. The first kappa shape index (κ1) is 17.3. The molecule has 0 aliphatic rings. The van der Waals surface area contributed by atoms with Gasteiger partial charge in [0.25, 0.3) is 5.91 Å². The molecule has 4 nitrogen and oxygen atoms in total. The van der Waals surface area contributed by atoms with Crippen molar-refractivity contribution in [3.8, 4) is 0 Å². The molecule has 130 valence electrons. The van der Waals surface area contributed by atoms with Crippen molar-refractivity contribution in [1.82, 2.24) is 15.3 Å². The molecule has 2 heterocycles. The van der Waals surface area contributed by atoms with Crippen molar-refractivity contribution in [2.75, 3.05) is 6.54 Å². The van der Waals surface area contributed by atoms with E-state index >= 15 is 0 Å². The fourth-order valence-electron chi connectivity index (χ4n) is 2.54. The average molecular weight is 365 g/mol. The van der Waals surface area contributed by atoms with Crippen LogP contribution in [-0.2, 0) is 12.6 Å². The van der Waals surface area contributed by atoms with Crippen molar-refractivity contribution in [3.05, 3.63) is 57.7 Å². The highest BCUT2D eigenvalue weighted by Crippen LogP contribution is 2.36. The van der Waals surface area contributed by atoms with E-state index in [1.54, 1.807) is 6.07 Å². The summed E-state index contributed by atoms with van der Waals surface area (Å²) >= 11 is 1.48. The number of pyridine rings is 1. The Balaban J connectivity index is 1.85. The normalized spacial score (nSPS) is 11.7. The van der Waals surface area contributed by atoms with E-state index in [-0.39, 0.29) is 17.4 Å². The zero-order chi connectivity index (χ0) is 18.0. The smallest absolute Gasteiger partial charge is 0.352 e. The quantitative estimate of drug-likeness (QED) is 0.761. The molecule has 0 aliphatic carbocycles. The molecule has 0 atom stereocenters. The minimum atomic E-state index is -4.65. The number of rotatable bonds is 4. The van der Waals surface area contributed by atoms with Crippen LogP contribution in [0.2, 0.25) is 0 Å². The summed E-state index contributed by atoms with van der Waals surface area (Å²) in [5, 5.41) is 5.20. The summed E-state index contributed by atoms with van der Waals surface area (Å²) in [4.78, 5) is 20.5. The summed E-state index contributed by atoms with van der Waals surface area (Å²) in [6, 6.07) is 5.90. The van der Waals surface area contributed by atoms with E-state index in [0.29, 0.717) is 6.42 Å². The van der Waals surface area contributed by atoms with Gasteiger partial charge in [-0.05, 0) is 13.0 Å². The van der Waals surface area contributed by atoms with Gasteiger partial charge in [0.15, 0.2) is 0 Å². The molecule has 0 unspecified atom stereocenters. The monoisotopic (exact) mass is 365 g/mol. The van der Waals surface area contributed by atoms with Gasteiger partial charge in [-0.1, -0.05) is 18.2 Å². The number of halogens is 3. The molecule has 0 bridgehead atoms. The minimum Gasteiger partial charge on any atom is -0.352 e. The summed E-state index contributed by atoms with van der Waals surface area (Å²) in [6.45, 7) is 2.06. The van der Waals surface area contributed by atoms with E-state index in [2.05, 4.69) is 15.3 Å². The van der Waals surface area contributed by atoms with Gasteiger partial charge in [-0.2, -0.15) is 13.2 Å². The van der Waals surface area contributed by atoms with Crippen LogP contribution in [0.25, 0.3) is 10.9 Å². The first-order valence-corrected chi connectivity index (χ1v) is 8.38. The molecule has 1 amide bonds. The zero-order valence-corrected chi connectivity index (χ0v) is 14.0. The lowest BCUT2D eigenvalue weighted by molar-refractivity contribution is -0.136. The molecular formula is C17H14F3N3OS. The summed E-state index contributed by atoms with van der Waals surface area (Å²) in [5.41, 5.74) is -0.430. The van der Waals surface area contributed by atoms with Gasteiger partial charge in [0.2, 0.25) is 0 Å². The van der Waals surface area contributed by atoms with Gasteiger partial charge in [-0.3, -0.25) is 9.78 Å². The van der Waals surface area contributed by atoms with Crippen LogP contribution in [0.3, 0.4) is 0 Å². The number of amides is 1. The lowest BCUT2D eigenvalue weighted by Crippen LogP contribution is -2.28. The summed E-state index contributed by atoms with van der Waals surface area (Å²) in [5.74, 6) is -0.794. The fraction of sp³-hybridized carbons (Fsp3) is 0.235. The Labute approximate surface area is 145 Å². The molecule has 3 aromatic rings. The van der Waals surface area contributed by atoms with Crippen molar-refractivity contribution >= 4 is 28.1 Å². The van der Waals surface area contributed by atoms with Gasteiger partial charge < -0.3 is 5.32 Å². The number of nitrogens with one attached hydrogen (secondary N) is 1. The summed E-state index contributed by atoms with van der Waals surface area (Å²) < 4.78 is 40.5. The highest BCUT2D eigenvalue weighted by Gasteiger charge is 2.37. The fourth-order valence-corrected chi connectivity index (χ4v) is 3.19. The van der Waals surface area contributed by atoms with E-state index in [0.717, 1.165) is 16.9 Å². The molecule has 25 heavy (non-hydrogen) atoms. The molecule has 1 N–H and O–H groups in total. The van der Waals surface area contributed by atoms with Gasteiger partial charge >= 0.3 is 6.18 Å². The number of carbonyl (C=O) groups is 1. The summed E-state index contributed by atoms with van der Waals surface area (Å²) in [7, 11) is 0. The minimum absolute atomic E-state index is 0.0854. The number of fused-ring (bicyclic) bond motifs is 1. The van der Waals surface area contributed by atoms with Gasteiger partial charge in [0.1, 0.15) is 0 Å². The zero-order valence-electron chi connectivity index (χ0n) is 13.2. The average Bonchev–Trinajstić information content (AvgIpc) is 2.98. The topological polar surface area (TPSA) is 54.9 Å². The van der Waals surface area contributed by atoms with Crippen LogP contribution in [0, 0.1) is 6.92 Å². The van der Waals surface area contributed by atoms with E-state index in [1.165, 1.54) is 29.5 Å². The van der Waals surface area contributed by atoms with Crippen molar-refractivity contribution in [3.63, 3.8) is 0 Å². The second-order valence-electron chi connectivity index (χ2n) is 5.43. The highest BCUT2D eigenvalue weighted by atomic mass is 32.1. The van der Waals surface area contributed by atoms with Gasteiger partial charge in [0.05, 0.1) is 27.3 Å². The molecule has 1 aromatic carbocycles. The predicted octanol–water partition coefficient (Wildman–Crippen LogP) is 3.99. The standard InChI is InChI=1S/C17H14F3N3OS/c1-10-23-11(9-25-10)6-7-21-16(24)13-8-22-14-5-3-2-4-12(14)15(13)17(18,19)20/h2-5,8-9H,6-7H2,1H3,(H,21,24). The van der Waals surface area contributed by atoms with Crippen LogP contribution in [0.4, 0.5) is 13.2 Å². The molecular weight excluding hydrogens is 351 g/mol. The second kappa shape index (κ2) is 6.79. The van der Waals surface area contributed by atoms with Gasteiger partial charge in [0, 0.05) is 29.9 Å². The maximum Gasteiger partial charge on any atom is 0.417 e. The number of para-hydroxylation sites is 1. The van der Waals surface area contributed by atoms with E-state index < -0.39 is 23.2 Å². The van der Waals surface area contributed by atoms with Crippen LogP contribution >= 0.6 is 11.3 Å². The van der Waals surface area contributed by atoms with Crippen molar-refractivity contribution in [2.24, 2.45) is 0 Å². The first-order chi connectivity index (χ1) is 11.9. The Morgan fingerprint density at radius 1 is 1.28 bits per heavy atom. The highest BCUT2D eigenvalue weighted by molar-refractivity contribution is 7.09. The Morgan fingerprint density at radius 2 is 2.04 bits per heavy atom. The third kappa shape index (κ3) is 3.79. The maximum atomic E-state index is 13.5. The van der Waals surface area contributed by atoms with Crippen LogP contribution < -0.4 is 5.32 Å². The molecule has 0 spiro atoms. The number of aryl methyl sites for hydroxylation is 1. The number of hydrogen-bond donors (Lipinski definition) is 1. The lowest BCUT2D eigenvalue weighted by Gasteiger charge is -2.15. The van der Waals surface area contributed by atoms with Crippen LogP contribution in [0.1, 0.15) is 26.6 Å². The van der Waals surface area contributed by atoms with Crippen LogP contribution in [0.15, 0.2) is 35.8 Å². The molecule has 0 radical (unpaired) electrons. The number of aromatic nitrogens is 2. The lowest BCUT2D eigenvalue weighted by atomic mass is 10.0. The van der Waals surface area contributed by atoms with E-state index in [1.807, 2.05) is 12.3 Å². The third-order valence-electron chi connectivity index (χ3n) is 3.64. The van der Waals surface area contributed by atoms with Gasteiger partial charge in [-0.25, -0.2) is 4.98 Å². The number of thiazole rings is 1. The SMILES string of the molecule is Cc1nc(CCNC(=O)c2cnc3ccccc3c2C(F)(F)F)cs1. The molecule has 2 aromatic heterocycles. The molecule has 8 heteroatoms. The maximum absolute atomic E-state index is 13.5. The number of carbonyl (C=O) groups excluding carboxylic acids is 1. The second-order valence-corrected chi connectivity index (χ2v) is 6.49. The Kier molecular flexibility index (Phi) is 4.71. The van der Waals surface area contributed by atoms with Crippen molar-refractivity contribution in [1.29, 1.82) is 0 Å². The molecule has 0 saturated heterocycles. The number of nitrogens with zero attached hydrogens (tertiary/aromatic N) is 2. The largest absolute Gasteiger partial charge is 0.417 e. The molecule has 0 saturated carbocycles. The Morgan fingerprint density at radius 3 is 2.72 bits per heavy atom. The number of hydrogen-bond acceptors (Lipinski definition) is 4. The van der Waals surface area contributed by atoms with E-state index in [4.69, 9.17) is 0 Å². The van der Waals surface area contributed by atoms with Crippen molar-refractivity contribution < 1.29 is 18.0 Å². The first-order valence-electron chi connectivity index (χ1n) is 7.50. The number of benzene rings is 1. The Bertz CT molecular complexity index is 921. The third-order valence-corrected chi connectivity index (χ3v) is 4.46. The molecule has 0 fully saturated rings. The molecule has 3 rings (SSSR count). The van der Waals surface area contributed by atoms with Crippen LogP contribution in [-0.4, -0.2) is 22.4 Å². The van der Waals surface area contributed by atoms with Gasteiger partial charge in [-0.15, -0.1) is 11.3 Å². The van der Waals surface area contributed by atoms with Crippen LogP contribution in [0.5, 0.6) is 0 Å². The predicted molar refractivity (Wildman–Crippen MR) is 89.6 cm³/mol. The Hall–Kier alpha value is -2.48. The van der Waals surface area contributed by atoms with E-state index in [9.17, 15) is 18.0 Å².